The molecule has 1 fully saturated rings. The van der Waals surface area contributed by atoms with Crippen LogP contribution in [0.25, 0.3) is 0 Å². The van der Waals surface area contributed by atoms with Crippen molar-refractivity contribution in [1.29, 1.82) is 0 Å². The highest BCUT2D eigenvalue weighted by Crippen LogP contribution is 2.45. The van der Waals surface area contributed by atoms with Crippen molar-refractivity contribution in [2.24, 2.45) is 0 Å². The number of benzene rings is 3. The minimum atomic E-state index is -0.326. The number of thioether (sulfide) groups is 1. The fraction of sp³-hybridized carbons (Fsp3) is 0.240. The maximum atomic E-state index is 13.8. The summed E-state index contributed by atoms with van der Waals surface area (Å²) in [5.74, 6) is 2.26. The Balaban J connectivity index is 1.42. The molecule has 30 heavy (non-hydrogen) atoms. The zero-order valence-corrected chi connectivity index (χ0v) is 18.0. The summed E-state index contributed by atoms with van der Waals surface area (Å²) in [4.78, 5) is 15.8. The molecule has 0 spiro atoms. The molecule has 1 unspecified atom stereocenters. The van der Waals surface area contributed by atoms with Crippen LogP contribution in [0.5, 0.6) is 11.5 Å². The number of para-hydroxylation sites is 2. The van der Waals surface area contributed by atoms with Crippen LogP contribution in [0.1, 0.15) is 34.3 Å². The second kappa shape index (κ2) is 8.37. The first-order chi connectivity index (χ1) is 14.7. The highest BCUT2D eigenvalue weighted by atomic mass is 35.5. The number of carbonyl (C=O) groups is 1. The first kappa shape index (κ1) is 19.5. The Morgan fingerprint density at radius 1 is 0.867 bits per heavy atom. The topological polar surface area (TPSA) is 29.5 Å². The van der Waals surface area contributed by atoms with Crippen LogP contribution >= 0.6 is 23.4 Å². The van der Waals surface area contributed by atoms with E-state index in [2.05, 4.69) is 6.07 Å². The molecule has 1 atom stereocenters. The molecule has 2 aliphatic heterocycles. The van der Waals surface area contributed by atoms with Crippen molar-refractivity contribution in [1.82, 2.24) is 4.90 Å². The van der Waals surface area contributed by atoms with Gasteiger partial charge in [-0.1, -0.05) is 66.2 Å². The quantitative estimate of drug-likeness (QED) is 0.474. The van der Waals surface area contributed by atoms with Crippen molar-refractivity contribution >= 4 is 29.3 Å². The van der Waals surface area contributed by atoms with Crippen molar-refractivity contribution in [3.05, 3.63) is 94.5 Å². The van der Waals surface area contributed by atoms with Gasteiger partial charge in [0.25, 0.3) is 0 Å². The van der Waals surface area contributed by atoms with E-state index in [4.69, 9.17) is 16.3 Å². The van der Waals surface area contributed by atoms with Gasteiger partial charge in [-0.15, -0.1) is 0 Å². The van der Waals surface area contributed by atoms with Crippen molar-refractivity contribution in [3.8, 4) is 11.5 Å². The van der Waals surface area contributed by atoms with Crippen molar-refractivity contribution in [2.75, 3.05) is 18.8 Å². The molecule has 2 heterocycles. The van der Waals surface area contributed by atoms with Crippen LogP contribution in [-0.4, -0.2) is 29.6 Å². The molecule has 0 saturated carbocycles. The fourth-order valence-electron chi connectivity index (χ4n) is 4.33. The van der Waals surface area contributed by atoms with Gasteiger partial charge in [-0.25, -0.2) is 0 Å². The van der Waals surface area contributed by atoms with Crippen LogP contribution in [0.4, 0.5) is 0 Å². The van der Waals surface area contributed by atoms with Gasteiger partial charge in [0.2, 0.25) is 5.91 Å². The molecule has 3 nitrogen and oxygen atoms in total. The summed E-state index contributed by atoms with van der Waals surface area (Å²) in [6.07, 6.45) is 0.895. The molecule has 0 N–H and O–H groups in total. The normalized spacial score (nSPS) is 18.7. The molecule has 0 aliphatic carbocycles. The van der Waals surface area contributed by atoms with Gasteiger partial charge < -0.3 is 9.64 Å². The van der Waals surface area contributed by atoms with E-state index in [1.807, 2.05) is 83.4 Å². The van der Waals surface area contributed by atoms with E-state index in [-0.39, 0.29) is 11.8 Å². The van der Waals surface area contributed by atoms with Crippen LogP contribution in [0.15, 0.2) is 72.8 Å². The van der Waals surface area contributed by atoms with Crippen molar-refractivity contribution < 1.29 is 9.53 Å². The van der Waals surface area contributed by atoms with Crippen LogP contribution in [0.2, 0.25) is 5.02 Å². The second-order valence-corrected chi connectivity index (χ2v) is 9.32. The average Bonchev–Trinajstić information content (AvgIpc) is 3.03. The van der Waals surface area contributed by atoms with Crippen LogP contribution < -0.4 is 4.74 Å². The fourth-order valence-corrected chi connectivity index (χ4v) is 5.93. The van der Waals surface area contributed by atoms with E-state index in [1.165, 1.54) is 5.56 Å². The van der Waals surface area contributed by atoms with Gasteiger partial charge in [0.1, 0.15) is 11.5 Å². The zero-order chi connectivity index (χ0) is 20.5. The lowest BCUT2D eigenvalue weighted by Crippen LogP contribution is -2.38. The predicted molar refractivity (Wildman–Crippen MR) is 123 cm³/mol. The summed E-state index contributed by atoms with van der Waals surface area (Å²) in [6, 6.07) is 23.8. The van der Waals surface area contributed by atoms with Gasteiger partial charge in [-0.2, -0.15) is 11.8 Å². The van der Waals surface area contributed by atoms with Gasteiger partial charge >= 0.3 is 0 Å². The third kappa shape index (κ3) is 3.59. The first-order valence-corrected chi connectivity index (χ1v) is 11.7. The van der Waals surface area contributed by atoms with E-state index in [0.29, 0.717) is 5.25 Å². The molecular formula is C25H22ClNO2S. The number of nitrogens with zero attached hydrogens (tertiary/aromatic N) is 1. The van der Waals surface area contributed by atoms with Gasteiger partial charge in [0.05, 0.1) is 5.92 Å². The molecule has 5 rings (SSSR count). The number of rotatable bonds is 2. The monoisotopic (exact) mass is 435 g/mol. The van der Waals surface area contributed by atoms with Gasteiger partial charge in [0, 0.05) is 40.2 Å². The third-order valence-electron chi connectivity index (χ3n) is 5.83. The maximum Gasteiger partial charge on any atom is 0.234 e. The summed E-state index contributed by atoms with van der Waals surface area (Å²) < 4.78 is 6.07. The Bertz CT molecular complexity index is 1040. The summed E-state index contributed by atoms with van der Waals surface area (Å²) in [5, 5.41) is 1.12. The Morgan fingerprint density at radius 2 is 1.47 bits per heavy atom. The lowest BCUT2D eigenvalue weighted by molar-refractivity contribution is -0.131. The first-order valence-electron chi connectivity index (χ1n) is 10.2. The Morgan fingerprint density at radius 3 is 2.13 bits per heavy atom. The molecule has 152 valence electrons. The number of hydrogen-bond donors (Lipinski definition) is 0. The number of fused-ring (bicyclic) bond motifs is 2. The van der Waals surface area contributed by atoms with Crippen molar-refractivity contribution in [2.45, 2.75) is 17.6 Å². The number of carbonyl (C=O) groups excluding carboxylic acids is 1. The average molecular weight is 436 g/mol. The Hall–Kier alpha value is -2.43. The summed E-state index contributed by atoms with van der Waals surface area (Å²) in [7, 11) is 0. The summed E-state index contributed by atoms with van der Waals surface area (Å²) in [6.45, 7) is 1.47. The Labute approximate surface area is 186 Å². The summed E-state index contributed by atoms with van der Waals surface area (Å²) >= 11 is 8.32. The van der Waals surface area contributed by atoms with E-state index < -0.39 is 0 Å². The molecule has 2 aliphatic rings. The van der Waals surface area contributed by atoms with Crippen LogP contribution in [-0.2, 0) is 4.79 Å². The van der Waals surface area contributed by atoms with Gasteiger partial charge in [0.15, 0.2) is 0 Å². The third-order valence-corrected chi connectivity index (χ3v) is 7.49. The molecule has 3 aromatic rings. The largest absolute Gasteiger partial charge is 0.457 e. The molecule has 0 radical (unpaired) electrons. The smallest absolute Gasteiger partial charge is 0.234 e. The molecule has 3 aromatic carbocycles. The minimum absolute atomic E-state index is 0.151. The summed E-state index contributed by atoms with van der Waals surface area (Å²) in [5.41, 5.74) is 3.06. The van der Waals surface area contributed by atoms with Crippen molar-refractivity contribution in [3.63, 3.8) is 0 Å². The highest BCUT2D eigenvalue weighted by molar-refractivity contribution is 7.99. The SMILES string of the molecule is O=C(C1c2ccccc2Oc2ccccc21)N1CCSC(c2ccccc2Cl)CC1. The van der Waals surface area contributed by atoms with Crippen LogP contribution in [0.3, 0.4) is 0 Å². The van der Waals surface area contributed by atoms with E-state index in [1.54, 1.807) is 0 Å². The molecule has 0 bridgehead atoms. The van der Waals surface area contributed by atoms with E-state index in [0.717, 1.165) is 52.9 Å². The zero-order valence-electron chi connectivity index (χ0n) is 16.5. The lowest BCUT2D eigenvalue weighted by Gasteiger charge is -2.31. The predicted octanol–water partition coefficient (Wildman–Crippen LogP) is 6.28. The molecule has 5 heteroatoms. The molecular weight excluding hydrogens is 414 g/mol. The molecule has 1 amide bonds. The number of halogens is 1. The van der Waals surface area contributed by atoms with Gasteiger partial charge in [-0.05, 0) is 30.2 Å². The van der Waals surface area contributed by atoms with Gasteiger partial charge in [-0.3, -0.25) is 4.79 Å². The van der Waals surface area contributed by atoms with Crippen LogP contribution in [0, 0.1) is 0 Å². The maximum absolute atomic E-state index is 13.8. The number of amides is 1. The standard InChI is InChI=1S/C25H22ClNO2S/c26-20-10-4-1-7-17(20)23-13-14-27(15-16-30-23)25(28)24-18-8-2-5-11-21(18)29-22-12-6-3-9-19(22)24/h1-12,23-24H,13-16H2. The highest BCUT2D eigenvalue weighted by Gasteiger charge is 2.36. The number of hydrogen-bond acceptors (Lipinski definition) is 3. The second-order valence-electron chi connectivity index (χ2n) is 7.61. The Kier molecular flexibility index (Phi) is 5.45. The number of ether oxygens (including phenoxy) is 1. The molecule has 0 aromatic heterocycles. The van der Waals surface area contributed by atoms with E-state index >= 15 is 0 Å². The molecule has 1 saturated heterocycles. The minimum Gasteiger partial charge on any atom is -0.457 e. The van der Waals surface area contributed by atoms with E-state index in [9.17, 15) is 4.79 Å². The lowest BCUT2D eigenvalue weighted by atomic mass is 9.86.